The molecule has 0 N–H and O–H groups in total. The van der Waals surface area contributed by atoms with Gasteiger partial charge in [-0.25, -0.2) is 13.1 Å². The molecule has 3 heterocycles. The molecule has 0 bridgehead atoms. The first-order valence-corrected chi connectivity index (χ1v) is 10.4. The maximum Gasteiger partial charge on any atom is 1.00 e. The predicted molar refractivity (Wildman–Crippen MR) is 92.3 cm³/mol. The Bertz CT molecular complexity index is 1040. The van der Waals surface area contributed by atoms with Crippen molar-refractivity contribution in [3.63, 3.8) is 0 Å². The van der Waals surface area contributed by atoms with Crippen LogP contribution in [0.4, 0.5) is 0 Å². The summed E-state index contributed by atoms with van der Waals surface area (Å²) in [5, 5.41) is 18.2. The molecule has 0 aromatic carbocycles. The Morgan fingerprint density at radius 2 is 1.77 bits per heavy atom. The summed E-state index contributed by atoms with van der Waals surface area (Å²) < 4.78 is 35.0. The predicted octanol–water partition coefficient (Wildman–Crippen LogP) is -5.73. The smallest absolute Gasteiger partial charge is 0.548 e. The van der Waals surface area contributed by atoms with Gasteiger partial charge >= 0.3 is 41.5 Å². The number of rotatable bonds is 7. The van der Waals surface area contributed by atoms with Gasteiger partial charge < -0.3 is 24.3 Å². The summed E-state index contributed by atoms with van der Waals surface area (Å²) in [5.41, 5.74) is 0.232. The summed E-state index contributed by atoms with van der Waals surface area (Å²) in [7, 11) is -4.11. The van der Waals surface area contributed by atoms with Crippen molar-refractivity contribution < 1.29 is 71.7 Å². The van der Waals surface area contributed by atoms with E-state index < -0.39 is 56.4 Å². The van der Waals surface area contributed by atoms with Crippen LogP contribution in [0, 0.1) is 0 Å². The molecule has 15 heteroatoms. The first-order valence-electron chi connectivity index (χ1n) is 8.83. The van der Waals surface area contributed by atoms with Crippen molar-refractivity contribution in [3.8, 4) is 0 Å². The molecule has 164 valence electrons. The summed E-state index contributed by atoms with van der Waals surface area (Å²) in [5.74, 6) is -3.55. The molecule has 0 aliphatic carbocycles. The second kappa shape index (κ2) is 8.84. The van der Waals surface area contributed by atoms with Gasteiger partial charge in [0.1, 0.15) is 34.7 Å². The van der Waals surface area contributed by atoms with Crippen molar-refractivity contribution in [1.29, 1.82) is 0 Å². The first kappa shape index (κ1) is 25.2. The van der Waals surface area contributed by atoms with Gasteiger partial charge in [-0.1, -0.05) is 5.21 Å². The minimum Gasteiger partial charge on any atom is -0.548 e. The number of carboxylic acids is 1. The normalized spacial score (nSPS) is 25.8. The van der Waals surface area contributed by atoms with Crippen molar-refractivity contribution >= 4 is 33.7 Å². The van der Waals surface area contributed by atoms with Crippen LogP contribution in [-0.2, 0) is 58.2 Å². The number of aliphatic carboxylic acids is 1. The van der Waals surface area contributed by atoms with Crippen LogP contribution >= 0.6 is 0 Å². The molecule has 2 saturated heterocycles. The number of fused-ring (bicyclic) bond motifs is 1. The van der Waals surface area contributed by atoms with Gasteiger partial charge in [0.25, 0.3) is 0 Å². The van der Waals surface area contributed by atoms with Gasteiger partial charge in [0.15, 0.2) is 9.84 Å². The standard InChI is InChI=1S/C16H20N4O9S.Na/c1-8(21)28-5-10-11(6-29-9(2)22)19(18-17-10)7-16(3)14(15(24)25)20-12(23)4-13(20)30(16,26)27;/h13-14H,4-7H2,1-3H3,(H,24,25);/q;+1/p-1/t13-,14+,16-;/m1./s1. The zero-order valence-electron chi connectivity index (χ0n) is 17.4. The molecule has 1 aromatic heterocycles. The van der Waals surface area contributed by atoms with Crippen LogP contribution in [-0.4, -0.2) is 68.3 Å². The van der Waals surface area contributed by atoms with E-state index >= 15 is 0 Å². The number of carbonyl (C=O) groups excluding carboxylic acids is 4. The number of amides is 1. The third kappa shape index (κ3) is 4.21. The number of hydrogen-bond donors (Lipinski definition) is 0. The third-order valence-corrected chi connectivity index (χ3v) is 8.00. The topological polar surface area (TPSA) is 178 Å². The van der Waals surface area contributed by atoms with E-state index in [2.05, 4.69) is 10.3 Å². The third-order valence-electron chi connectivity index (χ3n) is 5.24. The van der Waals surface area contributed by atoms with Crippen LogP contribution < -0.4 is 34.7 Å². The Kier molecular flexibility index (Phi) is 7.20. The molecule has 0 unspecified atom stereocenters. The number of hydrogen-bond acceptors (Lipinski definition) is 11. The van der Waals surface area contributed by atoms with E-state index in [4.69, 9.17) is 9.47 Å². The Labute approximate surface area is 199 Å². The quantitative estimate of drug-likeness (QED) is 0.212. The van der Waals surface area contributed by atoms with Crippen molar-refractivity contribution in [1.82, 2.24) is 19.9 Å². The molecule has 2 aliphatic heterocycles. The number of aromatic nitrogens is 3. The second-order valence-corrected chi connectivity index (χ2v) is 9.81. The molecule has 1 aromatic rings. The zero-order valence-corrected chi connectivity index (χ0v) is 20.2. The van der Waals surface area contributed by atoms with Crippen LogP contribution in [0.15, 0.2) is 0 Å². The Morgan fingerprint density at radius 1 is 1.19 bits per heavy atom. The van der Waals surface area contributed by atoms with E-state index in [9.17, 15) is 32.7 Å². The number of carboxylic acid groups (broad SMARTS) is 1. The van der Waals surface area contributed by atoms with E-state index in [1.165, 1.54) is 13.8 Å². The van der Waals surface area contributed by atoms with E-state index in [1.807, 2.05) is 0 Å². The van der Waals surface area contributed by atoms with Gasteiger partial charge in [-0.3, -0.25) is 14.4 Å². The van der Waals surface area contributed by atoms with Gasteiger partial charge in [0.2, 0.25) is 5.91 Å². The zero-order chi connectivity index (χ0) is 22.4. The number of ether oxygens (including phenoxy) is 2. The van der Waals surface area contributed by atoms with Crippen LogP contribution in [0.2, 0.25) is 0 Å². The molecule has 0 saturated carbocycles. The number of β-lactam (4-membered cyclic amide) rings is 1. The second-order valence-electron chi connectivity index (χ2n) is 7.24. The van der Waals surface area contributed by atoms with Gasteiger partial charge in [0, 0.05) is 13.8 Å². The summed E-state index contributed by atoms with van der Waals surface area (Å²) in [6, 6.07) is -1.73. The van der Waals surface area contributed by atoms with Gasteiger partial charge in [-0.15, -0.1) is 5.10 Å². The van der Waals surface area contributed by atoms with Crippen molar-refractivity contribution in [2.45, 2.75) is 63.1 Å². The number of carbonyl (C=O) groups is 4. The van der Waals surface area contributed by atoms with Crippen LogP contribution in [0.25, 0.3) is 0 Å². The summed E-state index contributed by atoms with van der Waals surface area (Å²) in [6.45, 7) is 2.35. The van der Waals surface area contributed by atoms with E-state index in [0.717, 1.165) is 16.5 Å². The van der Waals surface area contributed by atoms with E-state index in [-0.39, 0.29) is 60.6 Å². The van der Waals surface area contributed by atoms with Crippen LogP contribution in [0.3, 0.4) is 0 Å². The molecule has 2 aliphatic rings. The number of nitrogens with zero attached hydrogens (tertiary/aromatic N) is 4. The fraction of sp³-hybridized carbons (Fsp3) is 0.625. The Hall–Kier alpha value is -2.03. The average molecular weight is 466 g/mol. The maximum absolute atomic E-state index is 13.0. The fourth-order valence-electron chi connectivity index (χ4n) is 3.67. The van der Waals surface area contributed by atoms with Gasteiger partial charge in [0.05, 0.1) is 25.0 Å². The van der Waals surface area contributed by atoms with Crippen molar-refractivity contribution in [2.75, 3.05) is 0 Å². The molecule has 2 fully saturated rings. The Balaban J connectivity index is 0.00000341. The van der Waals surface area contributed by atoms with E-state index in [1.54, 1.807) is 0 Å². The molecule has 0 spiro atoms. The average Bonchev–Trinajstić information content (AvgIpc) is 3.06. The summed E-state index contributed by atoms with van der Waals surface area (Å²) >= 11 is 0. The molecule has 3 rings (SSSR count). The minimum atomic E-state index is -4.11. The Morgan fingerprint density at radius 3 is 2.29 bits per heavy atom. The largest absolute Gasteiger partial charge is 1.00 e. The van der Waals surface area contributed by atoms with E-state index in [0.29, 0.717) is 0 Å². The van der Waals surface area contributed by atoms with Gasteiger partial charge in [-0.05, 0) is 6.92 Å². The van der Waals surface area contributed by atoms with Crippen LogP contribution in [0.1, 0.15) is 38.6 Å². The summed E-state index contributed by atoms with van der Waals surface area (Å²) in [6.07, 6.45) is -0.308. The molecule has 31 heavy (non-hydrogen) atoms. The van der Waals surface area contributed by atoms with Crippen LogP contribution in [0.5, 0.6) is 0 Å². The molecule has 3 atom stereocenters. The first-order chi connectivity index (χ1) is 13.9. The molecular formula is C16H19N4NaO9S. The monoisotopic (exact) mass is 466 g/mol. The number of sulfone groups is 1. The summed E-state index contributed by atoms with van der Waals surface area (Å²) in [4.78, 5) is 46.8. The van der Waals surface area contributed by atoms with Gasteiger partial charge in [-0.2, -0.15) is 0 Å². The maximum atomic E-state index is 13.0. The fourth-order valence-corrected chi connectivity index (χ4v) is 6.02. The number of esters is 2. The SMILES string of the molecule is CC(=O)OCc1nnn(C[C@]2(C)[C@H](C(=O)[O-])N3C(=O)C[C@H]3S2(=O)=O)c1COC(C)=O.[Na+]. The molecular weight excluding hydrogens is 447 g/mol. The molecule has 0 radical (unpaired) electrons. The molecule has 1 amide bonds. The van der Waals surface area contributed by atoms with Crippen molar-refractivity contribution in [2.24, 2.45) is 0 Å². The minimum absolute atomic E-state index is 0. The molecule has 13 nitrogen and oxygen atoms in total. The van der Waals surface area contributed by atoms with Crippen molar-refractivity contribution in [3.05, 3.63) is 11.4 Å².